The van der Waals surface area contributed by atoms with E-state index in [1.807, 2.05) is 49.4 Å². The maximum Gasteiger partial charge on any atom is 0.335 e. The number of esters is 1. The van der Waals surface area contributed by atoms with Crippen molar-refractivity contribution in [1.82, 2.24) is 0 Å². The fourth-order valence-corrected chi connectivity index (χ4v) is 1.94. The highest BCUT2D eigenvalue weighted by molar-refractivity contribution is 5.84. The number of hydrogen-bond acceptors (Lipinski definition) is 3. The molecule has 0 saturated carbocycles. The van der Waals surface area contributed by atoms with Crippen LogP contribution in [0.4, 0.5) is 0 Å². The van der Waals surface area contributed by atoms with Crippen molar-refractivity contribution in [2.24, 2.45) is 5.92 Å². The molecule has 104 valence electrons. The standard InChI is InChI=1S/C17H18O3/c1-2-19-16-10-6-7-14(13-16)11-12-17(18)20-15-8-4-3-5-9-15/h3-12,14H,2,13H2,1H3. The SMILES string of the molecule is CCOC1=CC=CC(C=CC(=O)Oc2ccccc2)C1. The van der Waals surface area contributed by atoms with Crippen molar-refractivity contribution in [3.63, 3.8) is 0 Å². The fourth-order valence-electron chi connectivity index (χ4n) is 1.94. The first-order chi connectivity index (χ1) is 9.78. The Morgan fingerprint density at radius 2 is 2.15 bits per heavy atom. The first-order valence-electron chi connectivity index (χ1n) is 6.73. The lowest BCUT2D eigenvalue weighted by molar-refractivity contribution is -0.129. The molecule has 0 N–H and O–H groups in total. The van der Waals surface area contributed by atoms with E-state index in [4.69, 9.17) is 9.47 Å². The minimum atomic E-state index is -0.364. The number of allylic oxidation sites excluding steroid dienone is 5. The molecule has 0 radical (unpaired) electrons. The van der Waals surface area contributed by atoms with Gasteiger partial charge in [0, 0.05) is 18.4 Å². The molecule has 0 fully saturated rings. The molecule has 1 aromatic carbocycles. The van der Waals surface area contributed by atoms with Gasteiger partial charge in [-0.25, -0.2) is 4.79 Å². The summed E-state index contributed by atoms with van der Waals surface area (Å²) in [6.07, 6.45) is 10.0. The lowest BCUT2D eigenvalue weighted by Gasteiger charge is -2.15. The first-order valence-corrected chi connectivity index (χ1v) is 6.73. The normalized spacial score (nSPS) is 17.9. The maximum atomic E-state index is 11.7. The van der Waals surface area contributed by atoms with Crippen LogP contribution in [0, 0.1) is 5.92 Å². The van der Waals surface area contributed by atoms with E-state index in [-0.39, 0.29) is 11.9 Å². The molecule has 3 heteroatoms. The van der Waals surface area contributed by atoms with Crippen LogP contribution in [0.15, 0.2) is 66.5 Å². The molecule has 1 unspecified atom stereocenters. The van der Waals surface area contributed by atoms with Crippen molar-refractivity contribution in [1.29, 1.82) is 0 Å². The highest BCUT2D eigenvalue weighted by Crippen LogP contribution is 2.20. The van der Waals surface area contributed by atoms with E-state index in [0.29, 0.717) is 12.4 Å². The number of ether oxygens (including phenoxy) is 2. The van der Waals surface area contributed by atoms with Crippen LogP contribution in [0.1, 0.15) is 13.3 Å². The average Bonchev–Trinajstić information content (AvgIpc) is 2.47. The smallest absolute Gasteiger partial charge is 0.335 e. The maximum absolute atomic E-state index is 11.7. The Bertz CT molecular complexity index is 526. The molecule has 1 aliphatic carbocycles. The Morgan fingerprint density at radius 3 is 2.90 bits per heavy atom. The topological polar surface area (TPSA) is 35.5 Å². The Morgan fingerprint density at radius 1 is 1.35 bits per heavy atom. The highest BCUT2D eigenvalue weighted by atomic mass is 16.5. The van der Waals surface area contributed by atoms with Crippen molar-refractivity contribution >= 4 is 5.97 Å². The molecule has 1 atom stereocenters. The van der Waals surface area contributed by atoms with Crippen LogP contribution in [0.25, 0.3) is 0 Å². The van der Waals surface area contributed by atoms with E-state index in [9.17, 15) is 4.79 Å². The van der Waals surface area contributed by atoms with Crippen molar-refractivity contribution < 1.29 is 14.3 Å². The van der Waals surface area contributed by atoms with Crippen LogP contribution in [-0.2, 0) is 9.53 Å². The average molecular weight is 270 g/mol. The summed E-state index contributed by atoms with van der Waals surface area (Å²) in [4.78, 5) is 11.7. The Labute approximate surface area is 119 Å². The Kier molecular flexibility index (Phi) is 5.18. The second-order valence-corrected chi connectivity index (χ2v) is 4.41. The summed E-state index contributed by atoms with van der Waals surface area (Å²) in [6, 6.07) is 9.04. The van der Waals surface area contributed by atoms with Crippen molar-refractivity contribution in [3.05, 3.63) is 66.5 Å². The van der Waals surface area contributed by atoms with Crippen molar-refractivity contribution in [2.75, 3.05) is 6.61 Å². The monoisotopic (exact) mass is 270 g/mol. The molecule has 0 heterocycles. The van der Waals surface area contributed by atoms with Crippen LogP contribution in [0.2, 0.25) is 0 Å². The van der Waals surface area contributed by atoms with Gasteiger partial charge in [-0.1, -0.05) is 36.4 Å². The van der Waals surface area contributed by atoms with Crippen LogP contribution in [-0.4, -0.2) is 12.6 Å². The van der Waals surface area contributed by atoms with Crippen molar-refractivity contribution in [2.45, 2.75) is 13.3 Å². The quantitative estimate of drug-likeness (QED) is 0.465. The predicted molar refractivity (Wildman–Crippen MR) is 78.2 cm³/mol. The van der Waals surface area contributed by atoms with Gasteiger partial charge >= 0.3 is 5.97 Å². The molecule has 0 bridgehead atoms. The third kappa shape index (κ3) is 4.43. The number of carbonyl (C=O) groups is 1. The van der Waals surface area contributed by atoms with E-state index in [1.165, 1.54) is 6.08 Å². The molecule has 1 aromatic rings. The summed E-state index contributed by atoms with van der Waals surface area (Å²) in [5.74, 6) is 1.30. The van der Waals surface area contributed by atoms with E-state index in [0.717, 1.165) is 12.2 Å². The van der Waals surface area contributed by atoms with Gasteiger partial charge in [-0.2, -0.15) is 0 Å². The van der Waals surface area contributed by atoms with Crippen LogP contribution < -0.4 is 4.74 Å². The molecule has 3 nitrogen and oxygen atoms in total. The molecular weight excluding hydrogens is 252 g/mol. The summed E-state index contributed by atoms with van der Waals surface area (Å²) < 4.78 is 10.7. The van der Waals surface area contributed by atoms with E-state index < -0.39 is 0 Å². The highest BCUT2D eigenvalue weighted by Gasteiger charge is 2.10. The molecule has 0 aliphatic heterocycles. The molecule has 0 saturated heterocycles. The zero-order valence-corrected chi connectivity index (χ0v) is 11.5. The van der Waals surface area contributed by atoms with Crippen LogP contribution in [0.3, 0.4) is 0 Å². The number of carbonyl (C=O) groups excluding carboxylic acids is 1. The van der Waals surface area contributed by atoms with Gasteiger partial charge in [-0.15, -0.1) is 0 Å². The van der Waals surface area contributed by atoms with Gasteiger partial charge in [0.15, 0.2) is 0 Å². The van der Waals surface area contributed by atoms with Gasteiger partial charge in [0.05, 0.1) is 12.4 Å². The summed E-state index contributed by atoms with van der Waals surface area (Å²) in [5, 5.41) is 0. The predicted octanol–water partition coefficient (Wildman–Crippen LogP) is 3.64. The largest absolute Gasteiger partial charge is 0.498 e. The third-order valence-electron chi connectivity index (χ3n) is 2.85. The van der Waals surface area contributed by atoms with Gasteiger partial charge in [-0.05, 0) is 25.1 Å². The second-order valence-electron chi connectivity index (χ2n) is 4.41. The molecule has 0 amide bonds. The number of rotatable bonds is 5. The van der Waals surface area contributed by atoms with Gasteiger partial charge in [0.2, 0.25) is 0 Å². The van der Waals surface area contributed by atoms with Crippen LogP contribution >= 0.6 is 0 Å². The number of hydrogen-bond donors (Lipinski definition) is 0. The lowest BCUT2D eigenvalue weighted by atomic mass is 9.99. The summed E-state index contributed by atoms with van der Waals surface area (Å²) in [6.45, 7) is 2.62. The van der Waals surface area contributed by atoms with Gasteiger partial charge in [0.25, 0.3) is 0 Å². The van der Waals surface area contributed by atoms with E-state index >= 15 is 0 Å². The van der Waals surface area contributed by atoms with Crippen LogP contribution in [0.5, 0.6) is 5.75 Å². The van der Waals surface area contributed by atoms with Gasteiger partial charge in [-0.3, -0.25) is 0 Å². The molecule has 0 spiro atoms. The third-order valence-corrected chi connectivity index (χ3v) is 2.85. The molecular formula is C17H18O3. The zero-order chi connectivity index (χ0) is 14.2. The molecule has 1 aliphatic rings. The van der Waals surface area contributed by atoms with Gasteiger partial charge < -0.3 is 9.47 Å². The Balaban J connectivity index is 1.86. The van der Waals surface area contributed by atoms with Crippen molar-refractivity contribution in [3.8, 4) is 5.75 Å². The van der Waals surface area contributed by atoms with E-state index in [2.05, 4.69) is 0 Å². The lowest BCUT2D eigenvalue weighted by Crippen LogP contribution is -2.06. The Hall–Kier alpha value is -2.29. The summed E-state index contributed by atoms with van der Waals surface area (Å²) in [7, 11) is 0. The molecule has 20 heavy (non-hydrogen) atoms. The van der Waals surface area contributed by atoms with E-state index in [1.54, 1.807) is 12.1 Å². The number of benzene rings is 1. The first kappa shape index (κ1) is 14.1. The molecule has 2 rings (SSSR count). The molecule has 0 aromatic heterocycles. The summed E-state index contributed by atoms with van der Waals surface area (Å²) >= 11 is 0. The van der Waals surface area contributed by atoms with Gasteiger partial charge in [0.1, 0.15) is 5.75 Å². The minimum Gasteiger partial charge on any atom is -0.498 e. The zero-order valence-electron chi connectivity index (χ0n) is 11.5. The summed E-state index contributed by atoms with van der Waals surface area (Å²) in [5.41, 5.74) is 0. The number of para-hydroxylation sites is 1. The second kappa shape index (κ2) is 7.34. The minimum absolute atomic E-state index is 0.171. The fraction of sp³-hybridized carbons (Fsp3) is 0.235.